The van der Waals surface area contributed by atoms with Crippen LogP contribution in [0, 0.1) is 5.92 Å². The van der Waals surface area contributed by atoms with Gasteiger partial charge in [0.25, 0.3) is 5.97 Å². The van der Waals surface area contributed by atoms with Gasteiger partial charge in [0.15, 0.2) is 0 Å². The summed E-state index contributed by atoms with van der Waals surface area (Å²) in [6.45, 7) is 14.0. The van der Waals surface area contributed by atoms with E-state index in [-0.39, 0.29) is 24.7 Å². The summed E-state index contributed by atoms with van der Waals surface area (Å²) in [5.74, 6) is -1.92. The van der Waals surface area contributed by atoms with Crippen LogP contribution in [-0.2, 0) is 14.2 Å². The maximum Gasteiger partial charge on any atom is 0.389 e. The first kappa shape index (κ1) is 30.7. The van der Waals surface area contributed by atoms with E-state index in [1.165, 1.54) is 19.3 Å². The molecule has 0 saturated heterocycles. The van der Waals surface area contributed by atoms with Crippen molar-refractivity contribution in [3.63, 3.8) is 0 Å². The van der Waals surface area contributed by atoms with Crippen molar-refractivity contribution >= 4 is 0 Å². The fourth-order valence-electron chi connectivity index (χ4n) is 3.47. The molecule has 0 aliphatic heterocycles. The molecule has 6 heteroatoms. The van der Waals surface area contributed by atoms with Crippen molar-refractivity contribution in [3.8, 4) is 0 Å². The van der Waals surface area contributed by atoms with Crippen LogP contribution in [0.1, 0.15) is 126 Å². The lowest BCUT2D eigenvalue weighted by atomic mass is 9.92. The molecule has 0 spiro atoms. The summed E-state index contributed by atoms with van der Waals surface area (Å²) in [7, 11) is 0. The Morgan fingerprint density at radius 2 is 1.03 bits per heavy atom. The van der Waals surface area contributed by atoms with Crippen LogP contribution >= 0.6 is 0 Å². The predicted octanol–water partition coefficient (Wildman–Crippen LogP) is 8.79. The maximum atomic E-state index is 13.2. The van der Waals surface area contributed by atoms with E-state index < -0.39 is 24.5 Å². The van der Waals surface area contributed by atoms with Crippen molar-refractivity contribution in [2.75, 3.05) is 0 Å². The van der Waals surface area contributed by atoms with E-state index in [1.807, 2.05) is 41.5 Å². The van der Waals surface area contributed by atoms with E-state index in [2.05, 4.69) is 6.92 Å². The first-order valence-electron chi connectivity index (χ1n) is 12.6. The summed E-state index contributed by atoms with van der Waals surface area (Å²) < 4.78 is 58.6. The van der Waals surface area contributed by atoms with Crippen LogP contribution < -0.4 is 0 Å². The average Bonchev–Trinajstić information content (AvgIpc) is 2.71. The van der Waals surface area contributed by atoms with Gasteiger partial charge < -0.3 is 14.2 Å². The van der Waals surface area contributed by atoms with Crippen LogP contribution in [0.3, 0.4) is 0 Å². The molecule has 0 radical (unpaired) electrons. The van der Waals surface area contributed by atoms with Crippen LogP contribution in [-0.4, -0.2) is 30.5 Å². The van der Waals surface area contributed by atoms with Gasteiger partial charge in [0, 0.05) is 12.3 Å². The molecule has 0 heterocycles. The van der Waals surface area contributed by atoms with Gasteiger partial charge in [0.1, 0.15) is 0 Å². The van der Waals surface area contributed by atoms with Gasteiger partial charge in [-0.25, -0.2) is 0 Å². The quantitative estimate of drug-likeness (QED) is 0.144. The van der Waals surface area contributed by atoms with Crippen molar-refractivity contribution in [1.29, 1.82) is 0 Å². The van der Waals surface area contributed by atoms with E-state index in [0.29, 0.717) is 6.42 Å². The molecule has 0 rings (SSSR count). The Morgan fingerprint density at radius 1 is 0.613 bits per heavy atom. The number of rotatable bonds is 19. The lowest BCUT2D eigenvalue weighted by Crippen LogP contribution is -2.52. The Kier molecular flexibility index (Phi) is 16.1. The Morgan fingerprint density at radius 3 is 1.42 bits per heavy atom. The minimum Gasteiger partial charge on any atom is -0.324 e. The van der Waals surface area contributed by atoms with Gasteiger partial charge in [-0.1, -0.05) is 66.2 Å². The van der Waals surface area contributed by atoms with E-state index in [9.17, 15) is 13.2 Å². The Labute approximate surface area is 189 Å². The lowest BCUT2D eigenvalue weighted by Gasteiger charge is -2.44. The summed E-state index contributed by atoms with van der Waals surface area (Å²) in [5.41, 5.74) is 0. The van der Waals surface area contributed by atoms with Crippen LogP contribution in [0.2, 0.25) is 0 Å². The third kappa shape index (κ3) is 13.7. The third-order valence-corrected chi connectivity index (χ3v) is 6.00. The molecular formula is C25H49F3O3. The van der Waals surface area contributed by atoms with Crippen LogP contribution in [0.4, 0.5) is 13.2 Å². The molecular weight excluding hydrogens is 405 g/mol. The standard InChI is InChI=1S/C25H49F3O3/c1-8-12-13-14-15-16-17-23(18-19-24(26,27)28)25(29-20(5)9-2,30-21(6)10-3)31-22(7)11-4/h20-23H,8-19H2,1-7H3. The predicted molar refractivity (Wildman–Crippen MR) is 122 cm³/mol. The highest BCUT2D eigenvalue weighted by molar-refractivity contribution is 4.78. The van der Waals surface area contributed by atoms with Crippen molar-refractivity contribution in [3.05, 3.63) is 0 Å². The normalized spacial score (nSPS) is 18.4. The zero-order chi connectivity index (χ0) is 23.9. The molecule has 4 atom stereocenters. The first-order chi connectivity index (χ1) is 14.5. The maximum absolute atomic E-state index is 13.2. The second-order valence-electron chi connectivity index (χ2n) is 9.02. The Hall–Kier alpha value is -0.330. The number of hydrogen-bond donors (Lipinski definition) is 0. The molecule has 188 valence electrons. The highest BCUT2D eigenvalue weighted by Crippen LogP contribution is 2.40. The molecule has 0 saturated carbocycles. The lowest BCUT2D eigenvalue weighted by molar-refractivity contribution is -0.438. The topological polar surface area (TPSA) is 27.7 Å². The molecule has 4 unspecified atom stereocenters. The Bertz CT molecular complexity index is 397. The summed E-state index contributed by atoms with van der Waals surface area (Å²) in [6, 6.07) is 0. The summed E-state index contributed by atoms with van der Waals surface area (Å²) in [4.78, 5) is 0. The molecule has 0 aromatic rings. The minimum absolute atomic E-state index is 0.0538. The summed E-state index contributed by atoms with van der Waals surface area (Å²) >= 11 is 0. The zero-order valence-electron chi connectivity index (χ0n) is 21.2. The second kappa shape index (κ2) is 16.3. The molecule has 31 heavy (non-hydrogen) atoms. The third-order valence-electron chi connectivity index (χ3n) is 6.00. The molecule has 0 bridgehead atoms. The molecule has 0 fully saturated rings. The van der Waals surface area contributed by atoms with E-state index in [0.717, 1.165) is 38.5 Å². The summed E-state index contributed by atoms with van der Waals surface area (Å²) in [5, 5.41) is 0. The van der Waals surface area contributed by atoms with E-state index >= 15 is 0 Å². The van der Waals surface area contributed by atoms with Crippen LogP contribution in [0.25, 0.3) is 0 Å². The number of halogens is 3. The van der Waals surface area contributed by atoms with Gasteiger partial charge in [0.2, 0.25) is 0 Å². The SMILES string of the molecule is CCCCCCCCC(CCC(F)(F)F)C(OC(C)CC)(OC(C)CC)OC(C)CC. The summed E-state index contributed by atoms with van der Waals surface area (Å²) in [6.07, 6.45) is 3.67. The molecule has 3 nitrogen and oxygen atoms in total. The number of hydrogen-bond acceptors (Lipinski definition) is 3. The highest BCUT2D eigenvalue weighted by Gasteiger charge is 2.47. The molecule has 0 aliphatic rings. The fraction of sp³-hybridized carbons (Fsp3) is 1.00. The zero-order valence-corrected chi connectivity index (χ0v) is 21.2. The average molecular weight is 455 g/mol. The molecule has 0 aliphatic carbocycles. The largest absolute Gasteiger partial charge is 0.389 e. The van der Waals surface area contributed by atoms with Crippen LogP contribution in [0.5, 0.6) is 0 Å². The van der Waals surface area contributed by atoms with Crippen molar-refractivity contribution < 1.29 is 27.4 Å². The van der Waals surface area contributed by atoms with Crippen molar-refractivity contribution in [2.24, 2.45) is 5.92 Å². The van der Waals surface area contributed by atoms with Gasteiger partial charge >= 0.3 is 6.18 Å². The molecule has 0 amide bonds. The van der Waals surface area contributed by atoms with Crippen molar-refractivity contribution in [2.45, 2.75) is 156 Å². The minimum atomic E-state index is -4.21. The van der Waals surface area contributed by atoms with Gasteiger partial charge in [-0.05, 0) is 52.9 Å². The van der Waals surface area contributed by atoms with Gasteiger partial charge in [-0.3, -0.25) is 0 Å². The van der Waals surface area contributed by atoms with E-state index in [4.69, 9.17) is 14.2 Å². The van der Waals surface area contributed by atoms with Gasteiger partial charge in [-0.2, -0.15) is 13.2 Å². The molecule has 0 N–H and O–H groups in total. The number of unbranched alkanes of at least 4 members (excludes halogenated alkanes) is 5. The number of alkyl halides is 3. The highest BCUT2D eigenvalue weighted by atomic mass is 19.4. The fourth-order valence-corrected chi connectivity index (χ4v) is 3.47. The van der Waals surface area contributed by atoms with Crippen molar-refractivity contribution in [1.82, 2.24) is 0 Å². The van der Waals surface area contributed by atoms with Crippen LogP contribution in [0.15, 0.2) is 0 Å². The van der Waals surface area contributed by atoms with E-state index in [1.54, 1.807) is 0 Å². The smallest absolute Gasteiger partial charge is 0.324 e. The molecule has 0 aromatic heterocycles. The second-order valence-corrected chi connectivity index (χ2v) is 9.02. The van der Waals surface area contributed by atoms with Gasteiger partial charge in [-0.15, -0.1) is 0 Å². The van der Waals surface area contributed by atoms with Gasteiger partial charge in [0.05, 0.1) is 18.3 Å². The number of ether oxygens (including phenoxy) is 3. The monoisotopic (exact) mass is 454 g/mol. The first-order valence-corrected chi connectivity index (χ1v) is 12.6. The molecule has 0 aromatic carbocycles. The Balaban J connectivity index is 5.77.